The molecule has 0 bridgehead atoms. The molecule has 0 aromatic rings. The van der Waals surface area contributed by atoms with Gasteiger partial charge in [-0.25, -0.2) is 9.10 Å². The SMILES string of the molecule is NC(=O)N1C=CC=CS1. The summed E-state index contributed by atoms with van der Waals surface area (Å²) in [7, 11) is 0. The maximum Gasteiger partial charge on any atom is 0.329 e. The van der Waals surface area contributed by atoms with Crippen molar-refractivity contribution in [2.24, 2.45) is 5.73 Å². The van der Waals surface area contributed by atoms with E-state index in [1.807, 2.05) is 6.08 Å². The first-order chi connectivity index (χ1) is 4.30. The van der Waals surface area contributed by atoms with E-state index in [-0.39, 0.29) is 0 Å². The standard InChI is InChI=1S/C5H6N2OS/c6-5(8)7-3-1-2-4-9-7/h1-4H,(H2,6,8). The molecule has 0 unspecified atom stereocenters. The largest absolute Gasteiger partial charge is 0.350 e. The minimum atomic E-state index is -0.444. The Balaban J connectivity index is 2.56. The molecule has 0 saturated carbocycles. The number of rotatable bonds is 0. The van der Waals surface area contributed by atoms with Crippen molar-refractivity contribution in [3.8, 4) is 0 Å². The summed E-state index contributed by atoms with van der Waals surface area (Å²) in [4.78, 5) is 10.4. The van der Waals surface area contributed by atoms with Crippen molar-refractivity contribution >= 4 is 18.0 Å². The number of primary amides is 1. The second-order valence-corrected chi connectivity index (χ2v) is 2.32. The number of hydrogen-bond donors (Lipinski definition) is 1. The molecule has 48 valence electrons. The van der Waals surface area contributed by atoms with E-state index in [1.54, 1.807) is 17.7 Å². The molecule has 1 rings (SSSR count). The molecule has 4 heteroatoms. The number of urea groups is 1. The van der Waals surface area contributed by atoms with Crippen molar-refractivity contribution in [1.29, 1.82) is 0 Å². The molecule has 2 amide bonds. The van der Waals surface area contributed by atoms with Gasteiger partial charge in [-0.1, -0.05) is 6.08 Å². The Bertz CT molecular complexity index is 176. The van der Waals surface area contributed by atoms with E-state index >= 15 is 0 Å². The average Bonchev–Trinajstić information content (AvgIpc) is 1.90. The number of hydrogen-bond acceptors (Lipinski definition) is 2. The summed E-state index contributed by atoms with van der Waals surface area (Å²) in [6.07, 6.45) is 5.21. The van der Waals surface area contributed by atoms with Crippen LogP contribution < -0.4 is 5.73 Å². The Kier molecular flexibility index (Phi) is 1.79. The van der Waals surface area contributed by atoms with Crippen molar-refractivity contribution in [3.63, 3.8) is 0 Å². The zero-order valence-corrected chi connectivity index (χ0v) is 5.47. The number of amides is 2. The van der Waals surface area contributed by atoms with Crippen LogP contribution in [0.1, 0.15) is 0 Å². The molecule has 1 aliphatic heterocycles. The van der Waals surface area contributed by atoms with Gasteiger partial charge in [-0.15, -0.1) is 0 Å². The third kappa shape index (κ3) is 1.50. The van der Waals surface area contributed by atoms with Gasteiger partial charge in [-0.05, 0) is 23.4 Å². The Labute approximate surface area is 57.3 Å². The predicted molar refractivity (Wildman–Crippen MR) is 37.3 cm³/mol. The molecule has 0 aromatic heterocycles. The molecular weight excluding hydrogens is 136 g/mol. The van der Waals surface area contributed by atoms with Crippen LogP contribution in [0.3, 0.4) is 0 Å². The molecule has 0 radical (unpaired) electrons. The maximum absolute atomic E-state index is 10.4. The van der Waals surface area contributed by atoms with Crippen LogP contribution in [0.25, 0.3) is 0 Å². The third-order valence-electron chi connectivity index (χ3n) is 0.803. The summed E-state index contributed by atoms with van der Waals surface area (Å²) >= 11 is 1.26. The van der Waals surface area contributed by atoms with Crippen molar-refractivity contribution in [2.75, 3.05) is 0 Å². The number of nitrogens with zero attached hydrogens (tertiary/aromatic N) is 1. The van der Waals surface area contributed by atoms with Crippen molar-refractivity contribution in [2.45, 2.75) is 0 Å². The van der Waals surface area contributed by atoms with Gasteiger partial charge < -0.3 is 5.73 Å². The van der Waals surface area contributed by atoms with Crippen LogP contribution >= 0.6 is 11.9 Å². The zero-order chi connectivity index (χ0) is 6.69. The molecule has 1 aliphatic rings. The second-order valence-electron chi connectivity index (χ2n) is 1.44. The van der Waals surface area contributed by atoms with Gasteiger partial charge in [-0.2, -0.15) is 0 Å². The number of allylic oxidation sites excluding steroid dienone is 2. The third-order valence-corrected chi connectivity index (χ3v) is 1.61. The smallest absolute Gasteiger partial charge is 0.329 e. The molecule has 1 heterocycles. The lowest BCUT2D eigenvalue weighted by molar-refractivity contribution is 0.242. The van der Waals surface area contributed by atoms with Crippen LogP contribution in [0.5, 0.6) is 0 Å². The van der Waals surface area contributed by atoms with E-state index in [0.29, 0.717) is 0 Å². The van der Waals surface area contributed by atoms with Crippen LogP contribution in [-0.4, -0.2) is 10.3 Å². The quantitative estimate of drug-likeness (QED) is 0.514. The van der Waals surface area contributed by atoms with E-state index in [4.69, 9.17) is 5.73 Å². The van der Waals surface area contributed by atoms with E-state index in [2.05, 4.69) is 0 Å². The Morgan fingerprint density at radius 3 is 2.67 bits per heavy atom. The summed E-state index contributed by atoms with van der Waals surface area (Å²) in [6.45, 7) is 0. The van der Waals surface area contributed by atoms with Crippen LogP contribution in [0.4, 0.5) is 4.79 Å². The van der Waals surface area contributed by atoms with Gasteiger partial charge in [0, 0.05) is 6.20 Å². The Morgan fingerprint density at radius 2 is 2.33 bits per heavy atom. The molecule has 0 aromatic carbocycles. The molecule has 0 spiro atoms. The Hall–Kier alpha value is -0.900. The monoisotopic (exact) mass is 142 g/mol. The highest BCUT2D eigenvalue weighted by Gasteiger charge is 2.04. The summed E-state index contributed by atoms with van der Waals surface area (Å²) < 4.78 is 1.35. The fraction of sp³-hybridized carbons (Fsp3) is 0. The zero-order valence-electron chi connectivity index (χ0n) is 4.65. The van der Waals surface area contributed by atoms with E-state index in [0.717, 1.165) is 0 Å². The van der Waals surface area contributed by atoms with Crippen LogP contribution in [-0.2, 0) is 0 Å². The predicted octanol–water partition coefficient (Wildman–Crippen LogP) is 1.06. The number of carbonyl (C=O) groups excluding carboxylic acids is 1. The van der Waals surface area contributed by atoms with Crippen LogP contribution in [0.2, 0.25) is 0 Å². The molecule has 9 heavy (non-hydrogen) atoms. The molecule has 0 aliphatic carbocycles. The van der Waals surface area contributed by atoms with Crippen molar-refractivity contribution in [1.82, 2.24) is 4.31 Å². The number of nitrogens with two attached hydrogens (primary N) is 1. The first kappa shape index (κ1) is 6.22. The van der Waals surface area contributed by atoms with Gasteiger partial charge >= 0.3 is 6.03 Å². The molecular formula is C5H6N2OS. The van der Waals surface area contributed by atoms with Crippen LogP contribution in [0.15, 0.2) is 23.8 Å². The fourth-order valence-corrected chi connectivity index (χ4v) is 0.971. The minimum Gasteiger partial charge on any atom is -0.350 e. The normalized spacial score (nSPS) is 16.2. The van der Waals surface area contributed by atoms with Gasteiger partial charge in [0.25, 0.3) is 0 Å². The summed E-state index contributed by atoms with van der Waals surface area (Å²) in [6, 6.07) is -0.444. The molecule has 3 nitrogen and oxygen atoms in total. The lowest BCUT2D eigenvalue weighted by Gasteiger charge is -2.12. The van der Waals surface area contributed by atoms with E-state index in [1.165, 1.54) is 16.3 Å². The fourth-order valence-electron chi connectivity index (χ4n) is 0.434. The van der Waals surface area contributed by atoms with Gasteiger partial charge in [-0.3, -0.25) is 0 Å². The molecule has 0 fully saturated rings. The second kappa shape index (κ2) is 2.59. The minimum absolute atomic E-state index is 0.444. The van der Waals surface area contributed by atoms with Crippen molar-refractivity contribution in [3.05, 3.63) is 23.8 Å². The highest BCUT2D eigenvalue weighted by molar-refractivity contribution is 8.00. The maximum atomic E-state index is 10.4. The van der Waals surface area contributed by atoms with Crippen molar-refractivity contribution < 1.29 is 4.79 Å². The van der Waals surface area contributed by atoms with Gasteiger partial charge in [0.1, 0.15) is 0 Å². The lowest BCUT2D eigenvalue weighted by atomic mass is 10.6. The van der Waals surface area contributed by atoms with Gasteiger partial charge in [0.15, 0.2) is 0 Å². The molecule has 0 saturated heterocycles. The summed E-state index contributed by atoms with van der Waals surface area (Å²) in [5.74, 6) is 0. The summed E-state index contributed by atoms with van der Waals surface area (Å²) in [5, 5.41) is 1.78. The lowest BCUT2D eigenvalue weighted by Crippen LogP contribution is -2.25. The summed E-state index contributed by atoms with van der Waals surface area (Å²) in [5.41, 5.74) is 4.95. The topological polar surface area (TPSA) is 46.3 Å². The average molecular weight is 142 g/mol. The highest BCUT2D eigenvalue weighted by Crippen LogP contribution is 2.14. The van der Waals surface area contributed by atoms with E-state index in [9.17, 15) is 4.79 Å². The first-order valence-corrected chi connectivity index (χ1v) is 3.23. The van der Waals surface area contributed by atoms with E-state index < -0.39 is 6.03 Å². The Morgan fingerprint density at radius 1 is 1.56 bits per heavy atom. The highest BCUT2D eigenvalue weighted by atomic mass is 32.2. The molecule has 2 N–H and O–H groups in total. The van der Waals surface area contributed by atoms with Gasteiger partial charge in [0.2, 0.25) is 0 Å². The first-order valence-electron chi connectivity index (χ1n) is 2.39. The van der Waals surface area contributed by atoms with Gasteiger partial charge in [0.05, 0.1) is 0 Å². The molecule has 0 atom stereocenters. The van der Waals surface area contributed by atoms with Crippen LogP contribution in [0, 0.1) is 0 Å². The number of carbonyl (C=O) groups is 1.